The first-order valence-electron chi connectivity index (χ1n) is 7.32. The summed E-state index contributed by atoms with van der Waals surface area (Å²) in [5, 5.41) is 3.31. The van der Waals surface area contributed by atoms with Crippen molar-refractivity contribution in [1.29, 1.82) is 0 Å². The van der Waals surface area contributed by atoms with E-state index >= 15 is 0 Å². The largest absolute Gasteiger partial charge is 0.315 e. The highest BCUT2D eigenvalue weighted by Gasteiger charge is 2.28. The molecule has 0 saturated carbocycles. The Morgan fingerprint density at radius 2 is 2.00 bits per heavy atom. The molecule has 1 aliphatic heterocycles. The number of unbranched alkanes of at least 4 members (excludes halogenated alkanes) is 1. The average molecular weight is 296 g/mol. The standard InChI is InChI=1S/C15H24N2O2S/c1-13(2)16-10-5-6-12-20(18,19)17-11-9-14-7-3-4-8-15(14)17/h3-4,7-8,13,16H,5-6,9-12H2,1-2H3. The predicted molar refractivity (Wildman–Crippen MR) is 83.7 cm³/mol. The molecule has 0 spiro atoms. The number of nitrogens with zero attached hydrogens (tertiary/aromatic N) is 1. The van der Waals surface area contributed by atoms with E-state index < -0.39 is 10.0 Å². The van der Waals surface area contributed by atoms with E-state index in [1.165, 1.54) is 0 Å². The molecular weight excluding hydrogens is 272 g/mol. The molecule has 0 radical (unpaired) electrons. The van der Waals surface area contributed by atoms with Crippen molar-refractivity contribution < 1.29 is 8.42 Å². The molecule has 0 amide bonds. The smallest absolute Gasteiger partial charge is 0.235 e. The summed E-state index contributed by atoms with van der Waals surface area (Å²) in [7, 11) is -3.17. The van der Waals surface area contributed by atoms with Gasteiger partial charge in [-0.1, -0.05) is 32.0 Å². The zero-order valence-electron chi connectivity index (χ0n) is 12.3. The van der Waals surface area contributed by atoms with Gasteiger partial charge in [0.05, 0.1) is 11.4 Å². The zero-order chi connectivity index (χ0) is 14.6. The van der Waals surface area contributed by atoms with Crippen molar-refractivity contribution in [3.8, 4) is 0 Å². The van der Waals surface area contributed by atoms with Crippen molar-refractivity contribution in [2.24, 2.45) is 0 Å². The number of hydrogen-bond donors (Lipinski definition) is 1. The molecule has 112 valence electrons. The summed E-state index contributed by atoms with van der Waals surface area (Å²) in [6, 6.07) is 8.24. The third kappa shape index (κ3) is 3.73. The Morgan fingerprint density at radius 3 is 2.75 bits per heavy atom. The molecule has 5 heteroatoms. The van der Waals surface area contributed by atoms with E-state index in [2.05, 4.69) is 19.2 Å². The van der Waals surface area contributed by atoms with Gasteiger partial charge < -0.3 is 5.32 Å². The molecule has 4 nitrogen and oxygen atoms in total. The van der Waals surface area contributed by atoms with Gasteiger partial charge in [0.15, 0.2) is 0 Å². The molecule has 0 aromatic heterocycles. The SMILES string of the molecule is CC(C)NCCCCS(=O)(=O)N1CCc2ccccc21. The van der Waals surface area contributed by atoms with Crippen LogP contribution in [0, 0.1) is 0 Å². The molecule has 20 heavy (non-hydrogen) atoms. The highest BCUT2D eigenvalue weighted by Crippen LogP contribution is 2.30. The van der Waals surface area contributed by atoms with Crippen LogP contribution in [0.5, 0.6) is 0 Å². The minimum atomic E-state index is -3.17. The van der Waals surface area contributed by atoms with E-state index in [1.807, 2.05) is 24.3 Å². The Balaban J connectivity index is 1.89. The quantitative estimate of drug-likeness (QED) is 0.784. The van der Waals surface area contributed by atoms with Gasteiger partial charge in [-0.2, -0.15) is 0 Å². The van der Waals surface area contributed by atoms with Gasteiger partial charge in [0.1, 0.15) is 0 Å². The van der Waals surface area contributed by atoms with Crippen molar-refractivity contribution in [2.75, 3.05) is 23.1 Å². The fourth-order valence-corrected chi connectivity index (χ4v) is 4.14. The lowest BCUT2D eigenvalue weighted by atomic mass is 10.2. The number of benzene rings is 1. The fraction of sp³-hybridized carbons (Fsp3) is 0.600. The Morgan fingerprint density at radius 1 is 1.25 bits per heavy atom. The molecule has 1 aromatic rings. The average Bonchev–Trinajstić information content (AvgIpc) is 2.82. The Bertz CT molecular complexity index is 541. The first kappa shape index (κ1) is 15.3. The molecule has 0 unspecified atom stereocenters. The van der Waals surface area contributed by atoms with Gasteiger partial charge in [-0.05, 0) is 37.4 Å². The molecule has 0 bridgehead atoms. The van der Waals surface area contributed by atoms with Crippen molar-refractivity contribution in [3.63, 3.8) is 0 Å². The topological polar surface area (TPSA) is 49.4 Å². The van der Waals surface area contributed by atoms with E-state index in [0.29, 0.717) is 19.0 Å². The minimum absolute atomic E-state index is 0.237. The van der Waals surface area contributed by atoms with E-state index in [-0.39, 0.29) is 5.75 Å². The predicted octanol–water partition coefficient (Wildman–Crippen LogP) is 2.16. The van der Waals surface area contributed by atoms with Crippen LogP contribution in [0.1, 0.15) is 32.3 Å². The molecule has 0 aliphatic carbocycles. The molecule has 0 atom stereocenters. The number of fused-ring (bicyclic) bond motifs is 1. The van der Waals surface area contributed by atoms with Crippen LogP contribution in [0.25, 0.3) is 0 Å². The number of rotatable bonds is 7. The summed E-state index contributed by atoms with van der Waals surface area (Å²) in [6.07, 6.45) is 2.43. The second kappa shape index (κ2) is 6.59. The maximum atomic E-state index is 12.4. The molecule has 1 N–H and O–H groups in total. The number of anilines is 1. The second-order valence-electron chi connectivity index (χ2n) is 5.58. The van der Waals surface area contributed by atoms with Gasteiger partial charge in [0.2, 0.25) is 10.0 Å². The maximum Gasteiger partial charge on any atom is 0.235 e. The van der Waals surface area contributed by atoms with Crippen LogP contribution >= 0.6 is 0 Å². The first-order chi connectivity index (χ1) is 9.50. The van der Waals surface area contributed by atoms with Crippen LogP contribution < -0.4 is 9.62 Å². The number of hydrogen-bond acceptors (Lipinski definition) is 3. The molecule has 0 fully saturated rings. The van der Waals surface area contributed by atoms with E-state index in [9.17, 15) is 8.42 Å². The molecule has 2 rings (SSSR count). The van der Waals surface area contributed by atoms with Crippen molar-refractivity contribution >= 4 is 15.7 Å². The second-order valence-corrected chi connectivity index (χ2v) is 7.60. The molecule has 1 aromatic carbocycles. The van der Waals surface area contributed by atoms with Crippen molar-refractivity contribution in [1.82, 2.24) is 5.32 Å². The summed E-state index contributed by atoms with van der Waals surface area (Å²) in [6.45, 7) is 5.66. The third-order valence-corrected chi connectivity index (χ3v) is 5.42. The first-order valence-corrected chi connectivity index (χ1v) is 8.93. The highest BCUT2D eigenvalue weighted by molar-refractivity contribution is 7.92. The maximum absolute atomic E-state index is 12.4. The van der Waals surface area contributed by atoms with Crippen LogP contribution in [-0.4, -0.2) is 33.3 Å². The summed E-state index contributed by atoms with van der Waals surface area (Å²) in [5.74, 6) is 0.237. The van der Waals surface area contributed by atoms with Crippen LogP contribution in [0.2, 0.25) is 0 Å². The van der Waals surface area contributed by atoms with Gasteiger partial charge in [0, 0.05) is 12.6 Å². The lowest BCUT2D eigenvalue weighted by molar-refractivity contribution is 0.559. The van der Waals surface area contributed by atoms with Crippen LogP contribution in [0.4, 0.5) is 5.69 Å². The van der Waals surface area contributed by atoms with Crippen LogP contribution in [0.3, 0.4) is 0 Å². The summed E-state index contributed by atoms with van der Waals surface area (Å²) in [5.41, 5.74) is 2.00. The van der Waals surface area contributed by atoms with Gasteiger partial charge >= 0.3 is 0 Å². The molecule has 1 aliphatic rings. The Labute approximate surface area is 122 Å². The summed E-state index contributed by atoms with van der Waals surface area (Å²) >= 11 is 0. The third-order valence-electron chi connectivity index (χ3n) is 3.56. The monoisotopic (exact) mass is 296 g/mol. The normalized spacial score (nSPS) is 14.8. The molecule has 0 saturated heterocycles. The summed E-state index contributed by atoms with van der Waals surface area (Å²) in [4.78, 5) is 0. The Hall–Kier alpha value is -1.07. The lowest BCUT2D eigenvalue weighted by Crippen LogP contribution is -2.31. The number of sulfonamides is 1. The lowest BCUT2D eigenvalue weighted by Gasteiger charge is -2.19. The molecular formula is C15H24N2O2S. The van der Waals surface area contributed by atoms with Crippen molar-refractivity contribution in [2.45, 2.75) is 39.2 Å². The number of nitrogens with one attached hydrogen (secondary N) is 1. The minimum Gasteiger partial charge on any atom is -0.315 e. The number of para-hydroxylation sites is 1. The van der Waals surface area contributed by atoms with E-state index in [0.717, 1.165) is 30.6 Å². The van der Waals surface area contributed by atoms with Gasteiger partial charge in [-0.15, -0.1) is 0 Å². The molecule has 1 heterocycles. The fourth-order valence-electron chi connectivity index (χ4n) is 2.51. The highest BCUT2D eigenvalue weighted by atomic mass is 32.2. The zero-order valence-corrected chi connectivity index (χ0v) is 13.1. The van der Waals surface area contributed by atoms with Gasteiger partial charge in [-0.3, -0.25) is 4.31 Å². The summed E-state index contributed by atoms with van der Waals surface area (Å²) < 4.78 is 26.4. The van der Waals surface area contributed by atoms with E-state index in [4.69, 9.17) is 0 Å². The van der Waals surface area contributed by atoms with E-state index in [1.54, 1.807) is 4.31 Å². The van der Waals surface area contributed by atoms with Gasteiger partial charge in [0.25, 0.3) is 0 Å². The Kier molecular flexibility index (Phi) is 5.05. The van der Waals surface area contributed by atoms with Crippen LogP contribution in [-0.2, 0) is 16.4 Å². The van der Waals surface area contributed by atoms with Gasteiger partial charge in [-0.25, -0.2) is 8.42 Å². The van der Waals surface area contributed by atoms with Crippen molar-refractivity contribution in [3.05, 3.63) is 29.8 Å². The van der Waals surface area contributed by atoms with Crippen LogP contribution in [0.15, 0.2) is 24.3 Å².